The van der Waals surface area contributed by atoms with Crippen LogP contribution in [0.25, 0.3) is 0 Å². The van der Waals surface area contributed by atoms with Crippen LogP contribution in [0.4, 0.5) is 0 Å². The molecule has 1 N–H and O–H groups in total. The average Bonchev–Trinajstić information content (AvgIpc) is 2.62. The number of para-hydroxylation sites is 2. The maximum Gasteiger partial charge on any atom is 0.319 e. The Labute approximate surface area is 140 Å². The van der Waals surface area contributed by atoms with E-state index in [0.717, 1.165) is 5.56 Å². The lowest BCUT2D eigenvalue weighted by Gasteiger charge is -2.37. The Kier molecular flexibility index (Phi) is 3.35. The van der Waals surface area contributed by atoms with Crippen LogP contribution in [0.2, 0.25) is 0 Å². The standard InChI is InChI=1S/C21H16O3/c22-20(23)21(14-15-8-2-1-3-9-15)16-10-4-6-12-18(16)24-19-13-7-5-11-17(19)21/h1-13H,14H2,(H,22,23). The van der Waals surface area contributed by atoms with Gasteiger partial charge < -0.3 is 9.84 Å². The van der Waals surface area contributed by atoms with E-state index in [9.17, 15) is 9.90 Å². The molecule has 1 aliphatic rings. The van der Waals surface area contributed by atoms with Crippen molar-refractivity contribution in [2.75, 3.05) is 0 Å². The summed E-state index contributed by atoms with van der Waals surface area (Å²) in [5.41, 5.74) is 1.21. The lowest BCUT2D eigenvalue weighted by molar-refractivity contribution is -0.142. The third-order valence-electron chi connectivity index (χ3n) is 4.59. The molecule has 0 saturated carbocycles. The van der Waals surface area contributed by atoms with Gasteiger partial charge in [0.25, 0.3) is 0 Å². The summed E-state index contributed by atoms with van der Waals surface area (Å²) in [7, 11) is 0. The van der Waals surface area contributed by atoms with Crippen molar-refractivity contribution in [3.05, 3.63) is 95.6 Å². The van der Waals surface area contributed by atoms with E-state index in [0.29, 0.717) is 29.0 Å². The highest BCUT2D eigenvalue weighted by molar-refractivity contribution is 5.89. The Morgan fingerprint density at radius 1 is 0.792 bits per heavy atom. The van der Waals surface area contributed by atoms with Gasteiger partial charge in [-0.3, -0.25) is 4.79 Å². The van der Waals surface area contributed by atoms with Crippen LogP contribution in [0.5, 0.6) is 11.5 Å². The summed E-state index contributed by atoms with van der Waals surface area (Å²) < 4.78 is 5.96. The van der Waals surface area contributed by atoms with Crippen LogP contribution in [-0.4, -0.2) is 11.1 Å². The Balaban J connectivity index is 2.00. The minimum Gasteiger partial charge on any atom is -0.480 e. The zero-order valence-corrected chi connectivity index (χ0v) is 13.0. The van der Waals surface area contributed by atoms with Crippen molar-refractivity contribution in [1.82, 2.24) is 0 Å². The number of carboxylic acid groups (broad SMARTS) is 1. The molecule has 0 aliphatic carbocycles. The molecule has 1 aliphatic heterocycles. The van der Waals surface area contributed by atoms with Crippen molar-refractivity contribution in [1.29, 1.82) is 0 Å². The van der Waals surface area contributed by atoms with E-state index in [1.807, 2.05) is 78.9 Å². The van der Waals surface area contributed by atoms with Crippen LogP contribution in [0.1, 0.15) is 16.7 Å². The van der Waals surface area contributed by atoms with Crippen molar-refractivity contribution in [3.8, 4) is 11.5 Å². The molecule has 118 valence electrons. The van der Waals surface area contributed by atoms with Gasteiger partial charge in [0.15, 0.2) is 0 Å². The molecule has 0 aromatic heterocycles. The quantitative estimate of drug-likeness (QED) is 0.779. The van der Waals surface area contributed by atoms with Crippen molar-refractivity contribution < 1.29 is 14.6 Å². The fourth-order valence-electron chi connectivity index (χ4n) is 3.48. The van der Waals surface area contributed by atoms with Gasteiger partial charge in [0.2, 0.25) is 0 Å². The fraction of sp³-hybridized carbons (Fsp3) is 0.0952. The SMILES string of the molecule is O=C(O)C1(Cc2ccccc2)c2ccccc2Oc2ccccc21. The molecule has 0 amide bonds. The van der Waals surface area contributed by atoms with Crippen molar-refractivity contribution >= 4 is 5.97 Å². The summed E-state index contributed by atoms with van der Waals surface area (Å²) in [6, 6.07) is 24.5. The molecule has 3 aromatic rings. The second kappa shape index (κ2) is 5.53. The molecule has 0 fully saturated rings. The molecule has 0 bridgehead atoms. The number of aliphatic carboxylic acids is 1. The summed E-state index contributed by atoms with van der Waals surface area (Å²) in [5.74, 6) is 0.346. The highest BCUT2D eigenvalue weighted by atomic mass is 16.5. The minimum atomic E-state index is -1.16. The first-order chi connectivity index (χ1) is 11.7. The fourth-order valence-corrected chi connectivity index (χ4v) is 3.48. The molecule has 3 heteroatoms. The summed E-state index contributed by atoms with van der Waals surface area (Å²) in [6.45, 7) is 0. The number of carboxylic acids is 1. The second-order valence-electron chi connectivity index (χ2n) is 5.97. The van der Waals surface area contributed by atoms with Crippen LogP contribution in [-0.2, 0) is 16.6 Å². The minimum absolute atomic E-state index is 0.376. The number of ether oxygens (including phenoxy) is 1. The number of rotatable bonds is 3. The molecular weight excluding hydrogens is 300 g/mol. The Hall–Kier alpha value is -3.07. The molecular formula is C21H16O3. The normalized spacial score (nSPS) is 14.2. The smallest absolute Gasteiger partial charge is 0.319 e. The van der Waals surface area contributed by atoms with Gasteiger partial charge in [0, 0.05) is 11.1 Å². The van der Waals surface area contributed by atoms with Crippen molar-refractivity contribution in [2.24, 2.45) is 0 Å². The summed E-state index contributed by atoms with van der Waals surface area (Å²) in [6.07, 6.45) is 0.376. The van der Waals surface area contributed by atoms with Gasteiger partial charge in [-0.15, -0.1) is 0 Å². The Bertz CT molecular complexity index is 854. The van der Waals surface area contributed by atoms with Gasteiger partial charge in [0.1, 0.15) is 16.9 Å². The molecule has 0 saturated heterocycles. The Morgan fingerprint density at radius 2 is 1.29 bits per heavy atom. The maximum absolute atomic E-state index is 12.6. The number of benzene rings is 3. The summed E-state index contributed by atoms with van der Waals surface area (Å²) >= 11 is 0. The molecule has 1 heterocycles. The molecule has 3 aromatic carbocycles. The zero-order chi connectivity index (χ0) is 16.6. The molecule has 3 nitrogen and oxygen atoms in total. The van der Waals surface area contributed by atoms with Gasteiger partial charge in [-0.25, -0.2) is 0 Å². The van der Waals surface area contributed by atoms with E-state index in [1.54, 1.807) is 0 Å². The molecule has 24 heavy (non-hydrogen) atoms. The maximum atomic E-state index is 12.6. The molecule has 0 spiro atoms. The molecule has 0 radical (unpaired) electrons. The topological polar surface area (TPSA) is 46.5 Å². The first-order valence-electron chi connectivity index (χ1n) is 7.86. The van der Waals surface area contributed by atoms with E-state index < -0.39 is 11.4 Å². The third kappa shape index (κ3) is 2.09. The molecule has 4 rings (SSSR count). The first kappa shape index (κ1) is 14.5. The zero-order valence-electron chi connectivity index (χ0n) is 13.0. The second-order valence-corrected chi connectivity index (χ2v) is 5.97. The largest absolute Gasteiger partial charge is 0.480 e. The molecule has 0 atom stereocenters. The van der Waals surface area contributed by atoms with E-state index in [4.69, 9.17) is 4.74 Å². The van der Waals surface area contributed by atoms with Crippen LogP contribution < -0.4 is 4.74 Å². The number of hydrogen-bond acceptors (Lipinski definition) is 2. The lowest BCUT2D eigenvalue weighted by Crippen LogP contribution is -2.41. The van der Waals surface area contributed by atoms with Crippen molar-refractivity contribution in [3.63, 3.8) is 0 Å². The summed E-state index contributed by atoms with van der Waals surface area (Å²) in [4.78, 5) is 12.6. The predicted octanol–water partition coefficient (Wildman–Crippen LogP) is 4.41. The highest BCUT2D eigenvalue weighted by Crippen LogP contribution is 2.49. The van der Waals surface area contributed by atoms with Crippen LogP contribution in [0.3, 0.4) is 0 Å². The molecule has 0 unspecified atom stereocenters. The predicted molar refractivity (Wildman–Crippen MR) is 91.5 cm³/mol. The van der Waals surface area contributed by atoms with Crippen LogP contribution >= 0.6 is 0 Å². The van der Waals surface area contributed by atoms with Gasteiger partial charge >= 0.3 is 5.97 Å². The van der Waals surface area contributed by atoms with E-state index in [2.05, 4.69) is 0 Å². The van der Waals surface area contributed by atoms with Gasteiger partial charge in [-0.1, -0.05) is 66.7 Å². The van der Waals surface area contributed by atoms with E-state index >= 15 is 0 Å². The number of carbonyl (C=O) groups is 1. The monoisotopic (exact) mass is 316 g/mol. The number of hydrogen-bond donors (Lipinski definition) is 1. The Morgan fingerprint density at radius 3 is 1.83 bits per heavy atom. The number of fused-ring (bicyclic) bond motifs is 2. The average molecular weight is 316 g/mol. The van der Waals surface area contributed by atoms with Crippen LogP contribution in [0, 0.1) is 0 Å². The van der Waals surface area contributed by atoms with E-state index in [-0.39, 0.29) is 0 Å². The summed E-state index contributed by atoms with van der Waals surface area (Å²) in [5, 5.41) is 10.3. The van der Waals surface area contributed by atoms with Crippen LogP contribution in [0.15, 0.2) is 78.9 Å². The highest BCUT2D eigenvalue weighted by Gasteiger charge is 2.48. The lowest BCUT2D eigenvalue weighted by atomic mass is 9.68. The third-order valence-corrected chi connectivity index (χ3v) is 4.59. The first-order valence-corrected chi connectivity index (χ1v) is 7.86. The van der Waals surface area contributed by atoms with E-state index in [1.165, 1.54) is 0 Å². The van der Waals surface area contributed by atoms with Gasteiger partial charge in [0.05, 0.1) is 0 Å². The van der Waals surface area contributed by atoms with Gasteiger partial charge in [-0.2, -0.15) is 0 Å². The van der Waals surface area contributed by atoms with Gasteiger partial charge in [-0.05, 0) is 24.1 Å². The van der Waals surface area contributed by atoms with Crippen molar-refractivity contribution in [2.45, 2.75) is 11.8 Å².